The Labute approximate surface area is 180 Å². The van der Waals surface area contributed by atoms with E-state index in [0.717, 1.165) is 33.4 Å². The molecular weight excluding hydrogens is 392 g/mol. The molecule has 0 unspecified atom stereocenters. The number of carbonyl (C=O) groups excluding carboxylic acids is 1. The Morgan fingerprint density at radius 1 is 0.968 bits per heavy atom. The van der Waals surface area contributed by atoms with Gasteiger partial charge < -0.3 is 14.8 Å². The van der Waals surface area contributed by atoms with E-state index in [2.05, 4.69) is 20.5 Å². The molecule has 0 saturated carbocycles. The molecule has 0 spiro atoms. The molecule has 7 nitrogen and oxygen atoms in total. The highest BCUT2D eigenvalue weighted by molar-refractivity contribution is 5.88. The average molecular weight is 416 g/mol. The van der Waals surface area contributed by atoms with Gasteiger partial charge in [0.2, 0.25) is 5.91 Å². The lowest BCUT2D eigenvalue weighted by molar-refractivity contribution is -0.122. The normalized spacial score (nSPS) is 11.8. The summed E-state index contributed by atoms with van der Waals surface area (Å²) in [4.78, 5) is 17.2. The zero-order valence-corrected chi connectivity index (χ0v) is 17.7. The van der Waals surface area contributed by atoms with Crippen LogP contribution in [-0.2, 0) is 11.3 Å². The van der Waals surface area contributed by atoms with Gasteiger partial charge >= 0.3 is 0 Å². The number of fused-ring (bicyclic) bond motifs is 1. The van der Waals surface area contributed by atoms with Gasteiger partial charge in [-0.3, -0.25) is 9.89 Å². The molecule has 0 saturated heterocycles. The van der Waals surface area contributed by atoms with Crippen LogP contribution in [0.1, 0.15) is 24.2 Å². The molecule has 0 aliphatic rings. The van der Waals surface area contributed by atoms with Crippen molar-refractivity contribution >= 4 is 16.7 Å². The molecule has 3 aromatic carbocycles. The van der Waals surface area contributed by atoms with Crippen molar-refractivity contribution in [2.45, 2.75) is 19.4 Å². The van der Waals surface area contributed by atoms with Gasteiger partial charge in [-0.25, -0.2) is 4.98 Å². The van der Waals surface area contributed by atoms with Gasteiger partial charge in [0.25, 0.3) is 0 Å². The van der Waals surface area contributed by atoms with Crippen molar-refractivity contribution in [3.8, 4) is 22.9 Å². The molecule has 4 rings (SSSR count). The Kier molecular flexibility index (Phi) is 5.84. The third-order valence-corrected chi connectivity index (χ3v) is 5.27. The van der Waals surface area contributed by atoms with Gasteiger partial charge in [0.1, 0.15) is 17.3 Å². The van der Waals surface area contributed by atoms with Gasteiger partial charge in [0.05, 0.1) is 26.7 Å². The van der Waals surface area contributed by atoms with Crippen LogP contribution in [0, 0.1) is 0 Å². The van der Waals surface area contributed by atoms with Gasteiger partial charge in [0, 0.05) is 5.56 Å². The summed E-state index contributed by atoms with van der Waals surface area (Å²) < 4.78 is 10.4. The number of carbonyl (C=O) groups is 1. The number of amides is 1. The maximum Gasteiger partial charge on any atom is 0.227 e. The fourth-order valence-corrected chi connectivity index (χ4v) is 3.36. The highest BCUT2D eigenvalue weighted by Gasteiger charge is 2.16. The van der Waals surface area contributed by atoms with E-state index in [1.807, 2.05) is 67.6 Å². The molecule has 31 heavy (non-hydrogen) atoms. The number of ether oxygens (including phenoxy) is 2. The predicted molar refractivity (Wildman–Crippen MR) is 119 cm³/mol. The van der Waals surface area contributed by atoms with Gasteiger partial charge in [0.15, 0.2) is 5.82 Å². The molecule has 1 aromatic heterocycles. The quantitative estimate of drug-likeness (QED) is 0.474. The van der Waals surface area contributed by atoms with E-state index >= 15 is 0 Å². The summed E-state index contributed by atoms with van der Waals surface area (Å²) in [5, 5.41) is 12.2. The number of benzene rings is 3. The smallest absolute Gasteiger partial charge is 0.227 e. The molecule has 0 aliphatic carbocycles. The summed E-state index contributed by atoms with van der Waals surface area (Å²) in [7, 11) is 3.27. The fraction of sp³-hybridized carbons (Fsp3) is 0.208. The predicted octanol–water partition coefficient (Wildman–Crippen LogP) is 4.06. The Morgan fingerprint density at radius 3 is 2.39 bits per heavy atom. The Hall–Kier alpha value is -3.87. The first kappa shape index (κ1) is 20.4. The zero-order valence-electron chi connectivity index (χ0n) is 17.7. The minimum atomic E-state index is -0.296. The molecular formula is C24H24N4O3. The van der Waals surface area contributed by atoms with E-state index in [1.165, 1.54) is 0 Å². The molecule has 0 radical (unpaired) electrons. The molecule has 2 N–H and O–H groups in total. The summed E-state index contributed by atoms with van der Waals surface area (Å²) in [6, 6.07) is 19.4. The molecule has 0 aliphatic heterocycles. The van der Waals surface area contributed by atoms with Crippen molar-refractivity contribution in [3.63, 3.8) is 0 Å². The SMILES string of the molecule is COc1ccc(-c2n[nH]c(CNC(=O)[C@@H](C)c3ccc4cc(OC)ccc4c3)n2)cc1. The lowest BCUT2D eigenvalue weighted by atomic mass is 9.97. The Balaban J connectivity index is 1.40. The van der Waals surface area contributed by atoms with Crippen molar-refractivity contribution in [1.29, 1.82) is 0 Å². The number of nitrogens with one attached hydrogen (secondary N) is 2. The first-order chi connectivity index (χ1) is 15.1. The second-order valence-electron chi connectivity index (χ2n) is 7.25. The van der Waals surface area contributed by atoms with Crippen LogP contribution in [0.5, 0.6) is 11.5 Å². The Bertz CT molecular complexity index is 1200. The van der Waals surface area contributed by atoms with Crippen molar-refractivity contribution in [2.24, 2.45) is 0 Å². The summed E-state index contributed by atoms with van der Waals surface area (Å²) >= 11 is 0. The first-order valence-corrected chi connectivity index (χ1v) is 9.98. The molecule has 158 valence electrons. The van der Waals surface area contributed by atoms with E-state index < -0.39 is 0 Å². The standard InChI is InChI=1S/C24H24N4O3/c1-15(17-4-5-19-13-21(31-3)11-8-18(19)12-17)24(29)25-14-22-26-23(28-27-22)16-6-9-20(30-2)10-7-16/h4-13,15H,14H2,1-3H3,(H,25,29)(H,26,27,28)/t15-/m0/s1. The van der Waals surface area contributed by atoms with E-state index in [4.69, 9.17) is 9.47 Å². The van der Waals surface area contributed by atoms with Gasteiger partial charge in [-0.2, -0.15) is 5.10 Å². The van der Waals surface area contributed by atoms with Gasteiger partial charge in [-0.05, 0) is 59.7 Å². The average Bonchev–Trinajstić information content (AvgIpc) is 3.30. The van der Waals surface area contributed by atoms with Crippen LogP contribution < -0.4 is 14.8 Å². The summed E-state index contributed by atoms with van der Waals surface area (Å²) in [5.41, 5.74) is 1.82. The van der Waals surface area contributed by atoms with Crippen molar-refractivity contribution in [1.82, 2.24) is 20.5 Å². The number of aromatic amines is 1. The van der Waals surface area contributed by atoms with E-state index in [1.54, 1.807) is 14.2 Å². The highest BCUT2D eigenvalue weighted by Crippen LogP contribution is 2.25. The van der Waals surface area contributed by atoms with E-state index in [9.17, 15) is 4.79 Å². The maximum atomic E-state index is 12.7. The number of methoxy groups -OCH3 is 2. The molecule has 0 fully saturated rings. The number of H-pyrrole nitrogens is 1. The van der Waals surface area contributed by atoms with Crippen LogP contribution in [0.25, 0.3) is 22.2 Å². The molecule has 1 atom stereocenters. The number of hydrogen-bond acceptors (Lipinski definition) is 5. The Morgan fingerprint density at radius 2 is 1.65 bits per heavy atom. The van der Waals surface area contributed by atoms with Crippen molar-refractivity contribution < 1.29 is 14.3 Å². The fourth-order valence-electron chi connectivity index (χ4n) is 3.36. The second-order valence-corrected chi connectivity index (χ2v) is 7.25. The van der Waals surface area contributed by atoms with Gasteiger partial charge in [-0.15, -0.1) is 0 Å². The van der Waals surface area contributed by atoms with Crippen molar-refractivity contribution in [3.05, 3.63) is 72.1 Å². The van der Waals surface area contributed by atoms with Crippen LogP contribution in [0.15, 0.2) is 60.7 Å². The largest absolute Gasteiger partial charge is 0.497 e. The van der Waals surface area contributed by atoms with Crippen LogP contribution >= 0.6 is 0 Å². The van der Waals surface area contributed by atoms with Crippen LogP contribution in [-0.4, -0.2) is 35.3 Å². The number of rotatable bonds is 7. The minimum absolute atomic E-state index is 0.0738. The summed E-state index contributed by atoms with van der Waals surface area (Å²) in [5.74, 6) is 2.38. The number of nitrogens with zero attached hydrogens (tertiary/aromatic N) is 2. The van der Waals surface area contributed by atoms with E-state index in [-0.39, 0.29) is 18.4 Å². The van der Waals surface area contributed by atoms with Crippen LogP contribution in [0.4, 0.5) is 0 Å². The minimum Gasteiger partial charge on any atom is -0.497 e. The van der Waals surface area contributed by atoms with Crippen molar-refractivity contribution in [2.75, 3.05) is 14.2 Å². The lowest BCUT2D eigenvalue weighted by Crippen LogP contribution is -2.28. The zero-order chi connectivity index (χ0) is 21.8. The monoisotopic (exact) mass is 416 g/mol. The topological polar surface area (TPSA) is 89.1 Å². The third-order valence-electron chi connectivity index (χ3n) is 5.27. The third kappa shape index (κ3) is 4.50. The number of hydrogen-bond donors (Lipinski definition) is 2. The molecule has 1 amide bonds. The first-order valence-electron chi connectivity index (χ1n) is 9.98. The molecule has 4 aromatic rings. The maximum absolute atomic E-state index is 12.7. The van der Waals surface area contributed by atoms with Crippen LogP contribution in [0.3, 0.4) is 0 Å². The summed E-state index contributed by atoms with van der Waals surface area (Å²) in [6.45, 7) is 2.17. The van der Waals surface area contributed by atoms with E-state index in [0.29, 0.717) is 11.6 Å². The second kappa shape index (κ2) is 8.87. The van der Waals surface area contributed by atoms with Crippen LogP contribution in [0.2, 0.25) is 0 Å². The summed E-state index contributed by atoms with van der Waals surface area (Å²) in [6.07, 6.45) is 0. The molecule has 7 heteroatoms. The lowest BCUT2D eigenvalue weighted by Gasteiger charge is -2.13. The molecule has 0 bridgehead atoms. The number of aromatic nitrogens is 3. The van der Waals surface area contributed by atoms with Gasteiger partial charge in [-0.1, -0.05) is 24.3 Å². The molecule has 1 heterocycles. The highest BCUT2D eigenvalue weighted by atomic mass is 16.5.